The van der Waals surface area contributed by atoms with Crippen molar-refractivity contribution in [3.05, 3.63) is 41.0 Å². The van der Waals surface area contributed by atoms with Gasteiger partial charge in [-0.1, -0.05) is 0 Å². The van der Waals surface area contributed by atoms with Crippen molar-refractivity contribution < 1.29 is 13.2 Å². The molecule has 1 nitrogen and oxygen atoms in total. The number of alkyl halides is 3. The fourth-order valence-electron chi connectivity index (χ4n) is 1.17. The summed E-state index contributed by atoms with van der Waals surface area (Å²) < 4.78 is 37.6. The minimum atomic E-state index is -4.26. The van der Waals surface area contributed by atoms with Gasteiger partial charge in [-0.25, -0.2) is 0 Å². The number of hydrogen-bond donors (Lipinski definition) is 0. The van der Waals surface area contributed by atoms with Crippen LogP contribution < -0.4 is 0 Å². The van der Waals surface area contributed by atoms with Crippen molar-refractivity contribution in [1.29, 1.82) is 0 Å². The van der Waals surface area contributed by atoms with Crippen LogP contribution in [0.5, 0.6) is 0 Å². The standard InChI is InChI=1S/C10H6F3NSe/c11-10(12,13)8-3-1-7(2-4-8)9-14-5-6-15-9/h1-6H. The van der Waals surface area contributed by atoms with Gasteiger partial charge in [0, 0.05) is 0 Å². The van der Waals surface area contributed by atoms with Crippen LogP contribution in [0.15, 0.2) is 35.4 Å². The molecule has 0 radical (unpaired) electrons. The fourth-order valence-corrected chi connectivity index (χ4v) is 2.52. The Balaban J connectivity index is 2.33. The molecule has 15 heavy (non-hydrogen) atoms. The average molecular weight is 276 g/mol. The van der Waals surface area contributed by atoms with E-state index in [0.29, 0.717) is 0 Å². The Labute approximate surface area is 90.3 Å². The van der Waals surface area contributed by atoms with Gasteiger partial charge in [-0.05, 0) is 0 Å². The summed E-state index contributed by atoms with van der Waals surface area (Å²) in [6, 6.07) is 5.12. The molecule has 0 amide bonds. The van der Waals surface area contributed by atoms with Gasteiger partial charge in [0.05, 0.1) is 0 Å². The summed E-state index contributed by atoms with van der Waals surface area (Å²) in [4.78, 5) is 6.01. The molecule has 0 saturated heterocycles. The van der Waals surface area contributed by atoms with Crippen LogP contribution in [-0.2, 0) is 6.18 Å². The van der Waals surface area contributed by atoms with E-state index in [9.17, 15) is 13.2 Å². The predicted molar refractivity (Wildman–Crippen MR) is 51.6 cm³/mol. The van der Waals surface area contributed by atoms with Crippen LogP contribution in [0.4, 0.5) is 13.2 Å². The van der Waals surface area contributed by atoms with Crippen LogP contribution in [0.25, 0.3) is 10.1 Å². The van der Waals surface area contributed by atoms with E-state index in [0.717, 1.165) is 22.3 Å². The molecule has 0 spiro atoms. The van der Waals surface area contributed by atoms with Crippen molar-refractivity contribution in [2.45, 2.75) is 6.18 Å². The molecule has 1 aromatic heterocycles. The Hall–Kier alpha value is -1.06. The monoisotopic (exact) mass is 277 g/mol. The van der Waals surface area contributed by atoms with E-state index in [2.05, 4.69) is 4.98 Å². The molecule has 0 bridgehead atoms. The Bertz CT molecular complexity index is 431. The Morgan fingerprint density at radius 1 is 1.07 bits per heavy atom. The van der Waals surface area contributed by atoms with E-state index >= 15 is 0 Å². The van der Waals surface area contributed by atoms with Crippen molar-refractivity contribution in [2.24, 2.45) is 0 Å². The van der Waals surface area contributed by atoms with Gasteiger partial charge < -0.3 is 0 Å². The molecule has 78 valence electrons. The molecule has 5 heteroatoms. The van der Waals surface area contributed by atoms with Gasteiger partial charge in [0.25, 0.3) is 0 Å². The van der Waals surface area contributed by atoms with Crippen molar-refractivity contribution >= 4 is 14.5 Å². The van der Waals surface area contributed by atoms with Crippen LogP contribution >= 0.6 is 0 Å². The van der Waals surface area contributed by atoms with E-state index in [-0.39, 0.29) is 14.5 Å². The molecule has 1 aromatic carbocycles. The topological polar surface area (TPSA) is 12.9 Å². The molecule has 2 aromatic rings. The quantitative estimate of drug-likeness (QED) is 0.730. The molecule has 1 heterocycles. The van der Waals surface area contributed by atoms with Crippen molar-refractivity contribution in [2.75, 3.05) is 0 Å². The molecule has 0 atom stereocenters. The summed E-state index contributed by atoms with van der Waals surface area (Å²) in [7, 11) is 0. The zero-order valence-electron chi connectivity index (χ0n) is 7.45. The first-order chi connectivity index (χ1) is 7.07. The Kier molecular flexibility index (Phi) is 2.67. The average Bonchev–Trinajstić information content (AvgIpc) is 2.69. The van der Waals surface area contributed by atoms with Gasteiger partial charge in [0.15, 0.2) is 0 Å². The van der Waals surface area contributed by atoms with Gasteiger partial charge >= 0.3 is 89.9 Å². The third kappa shape index (κ3) is 2.30. The van der Waals surface area contributed by atoms with Crippen LogP contribution in [0, 0.1) is 0 Å². The molecule has 2 rings (SSSR count). The molecular weight excluding hydrogens is 270 g/mol. The number of halogens is 3. The molecule has 0 N–H and O–H groups in total. The SMILES string of the molecule is FC(F)(F)c1ccc(-c2ncc[se]2)cc1. The minimum absolute atomic E-state index is 0.153. The maximum atomic E-state index is 12.3. The van der Waals surface area contributed by atoms with Gasteiger partial charge in [-0.2, -0.15) is 0 Å². The van der Waals surface area contributed by atoms with Crippen LogP contribution in [0.1, 0.15) is 5.56 Å². The van der Waals surface area contributed by atoms with Crippen molar-refractivity contribution in [3.63, 3.8) is 0 Å². The second kappa shape index (κ2) is 3.83. The van der Waals surface area contributed by atoms with E-state index in [1.165, 1.54) is 12.1 Å². The number of hydrogen-bond acceptors (Lipinski definition) is 1. The summed E-state index contributed by atoms with van der Waals surface area (Å²) >= 11 is 0.153. The first-order valence-corrected chi connectivity index (χ1v) is 5.99. The normalized spacial score (nSPS) is 11.7. The van der Waals surface area contributed by atoms with Crippen LogP contribution in [0.2, 0.25) is 0 Å². The van der Waals surface area contributed by atoms with Crippen molar-refractivity contribution in [1.82, 2.24) is 4.98 Å². The number of rotatable bonds is 1. The van der Waals surface area contributed by atoms with Gasteiger partial charge in [-0.15, -0.1) is 0 Å². The van der Waals surface area contributed by atoms with Crippen molar-refractivity contribution in [3.8, 4) is 10.1 Å². The second-order valence-corrected chi connectivity index (χ2v) is 4.79. The molecule has 0 aliphatic rings. The summed E-state index contributed by atoms with van der Waals surface area (Å²) in [5.41, 5.74) is 0.151. The number of aromatic nitrogens is 1. The fraction of sp³-hybridized carbons (Fsp3) is 0.100. The Morgan fingerprint density at radius 2 is 1.73 bits per heavy atom. The number of nitrogens with zero attached hydrogens (tertiary/aromatic N) is 1. The third-order valence-electron chi connectivity index (χ3n) is 1.89. The van der Waals surface area contributed by atoms with E-state index in [1.807, 2.05) is 4.94 Å². The van der Waals surface area contributed by atoms with E-state index in [4.69, 9.17) is 0 Å². The zero-order valence-corrected chi connectivity index (χ0v) is 9.17. The van der Waals surface area contributed by atoms with Gasteiger partial charge in [0.1, 0.15) is 0 Å². The zero-order chi connectivity index (χ0) is 10.9. The summed E-state index contributed by atoms with van der Waals surface area (Å²) in [5.74, 6) is 0. The second-order valence-electron chi connectivity index (χ2n) is 2.91. The Morgan fingerprint density at radius 3 is 2.20 bits per heavy atom. The molecular formula is C10H6F3NSe. The first-order valence-electron chi connectivity index (χ1n) is 4.14. The summed E-state index contributed by atoms with van der Waals surface area (Å²) in [5, 5.41) is 0. The van der Waals surface area contributed by atoms with Crippen LogP contribution in [0.3, 0.4) is 0 Å². The summed E-state index contributed by atoms with van der Waals surface area (Å²) in [6.07, 6.45) is -2.58. The molecule has 0 unspecified atom stereocenters. The van der Waals surface area contributed by atoms with E-state index in [1.54, 1.807) is 6.20 Å². The maximum absolute atomic E-state index is 12.3. The third-order valence-corrected chi connectivity index (χ3v) is 3.62. The molecule has 0 aliphatic heterocycles. The molecule has 0 aliphatic carbocycles. The molecule has 0 fully saturated rings. The van der Waals surface area contributed by atoms with Crippen LogP contribution in [-0.4, -0.2) is 19.5 Å². The number of benzene rings is 1. The van der Waals surface area contributed by atoms with Gasteiger partial charge in [0.2, 0.25) is 0 Å². The summed E-state index contributed by atoms with van der Waals surface area (Å²) in [6.45, 7) is 0. The molecule has 0 saturated carbocycles. The van der Waals surface area contributed by atoms with E-state index < -0.39 is 11.7 Å². The predicted octanol–water partition coefficient (Wildman–Crippen LogP) is 2.82. The van der Waals surface area contributed by atoms with Gasteiger partial charge in [-0.3, -0.25) is 0 Å². The first kappa shape index (κ1) is 10.5.